The van der Waals surface area contributed by atoms with E-state index in [0.717, 1.165) is 5.69 Å². The molecule has 1 aliphatic rings. The van der Waals surface area contributed by atoms with Crippen LogP contribution in [0.2, 0.25) is 0 Å². The maximum atomic E-state index is 11.1. The standard InChI is InChI=1S/C8H10N4O2/c13-7-1-6(8(14)12-7)10-3-5-2-9-4-11-5/h2,4,6,10H,1,3H2,(H,9,11)(H,12,13,14). The molecule has 74 valence electrons. The molecule has 0 aromatic carbocycles. The van der Waals surface area contributed by atoms with E-state index < -0.39 is 6.04 Å². The Morgan fingerprint density at radius 3 is 3.00 bits per heavy atom. The van der Waals surface area contributed by atoms with Crippen LogP contribution in [0.5, 0.6) is 0 Å². The third-order valence-electron chi connectivity index (χ3n) is 2.06. The maximum Gasteiger partial charge on any atom is 0.244 e. The van der Waals surface area contributed by atoms with Crippen LogP contribution in [0.25, 0.3) is 0 Å². The lowest BCUT2D eigenvalue weighted by Gasteiger charge is -2.06. The lowest BCUT2D eigenvalue weighted by molar-refractivity contribution is -0.125. The molecule has 3 N–H and O–H groups in total. The average molecular weight is 194 g/mol. The first-order valence-electron chi connectivity index (χ1n) is 4.30. The zero-order chi connectivity index (χ0) is 9.97. The van der Waals surface area contributed by atoms with Gasteiger partial charge in [0, 0.05) is 18.4 Å². The number of imide groups is 1. The van der Waals surface area contributed by atoms with Crippen molar-refractivity contribution < 1.29 is 9.59 Å². The van der Waals surface area contributed by atoms with Crippen molar-refractivity contribution in [1.82, 2.24) is 20.6 Å². The molecule has 1 atom stereocenters. The molecule has 0 aliphatic carbocycles. The first-order valence-corrected chi connectivity index (χ1v) is 4.30. The fourth-order valence-electron chi connectivity index (χ4n) is 1.33. The van der Waals surface area contributed by atoms with Crippen molar-refractivity contribution in [2.75, 3.05) is 0 Å². The molecule has 2 heterocycles. The Bertz CT molecular complexity index is 346. The summed E-state index contributed by atoms with van der Waals surface area (Å²) in [6.45, 7) is 0.505. The summed E-state index contributed by atoms with van der Waals surface area (Å²) < 4.78 is 0. The molecule has 6 nitrogen and oxygen atoms in total. The van der Waals surface area contributed by atoms with Crippen molar-refractivity contribution in [3.8, 4) is 0 Å². The molecule has 1 aliphatic heterocycles. The number of H-pyrrole nitrogens is 1. The Labute approximate surface area is 80.1 Å². The molecule has 0 spiro atoms. The van der Waals surface area contributed by atoms with E-state index in [2.05, 4.69) is 20.6 Å². The van der Waals surface area contributed by atoms with Crippen LogP contribution in [0.15, 0.2) is 12.5 Å². The first-order chi connectivity index (χ1) is 6.75. The second-order valence-corrected chi connectivity index (χ2v) is 3.13. The highest BCUT2D eigenvalue weighted by Crippen LogP contribution is 2.02. The number of carbonyl (C=O) groups excluding carboxylic acids is 2. The highest BCUT2D eigenvalue weighted by atomic mass is 16.2. The highest BCUT2D eigenvalue weighted by molar-refractivity contribution is 6.05. The van der Waals surface area contributed by atoms with Gasteiger partial charge in [-0.1, -0.05) is 0 Å². The van der Waals surface area contributed by atoms with E-state index >= 15 is 0 Å². The van der Waals surface area contributed by atoms with Gasteiger partial charge < -0.3 is 4.98 Å². The summed E-state index contributed by atoms with van der Waals surface area (Å²) in [5.41, 5.74) is 0.886. The Morgan fingerprint density at radius 1 is 1.57 bits per heavy atom. The largest absolute Gasteiger partial charge is 0.347 e. The molecule has 14 heavy (non-hydrogen) atoms. The molecular weight excluding hydrogens is 184 g/mol. The van der Waals surface area contributed by atoms with Crippen molar-refractivity contribution >= 4 is 11.8 Å². The van der Waals surface area contributed by atoms with Gasteiger partial charge in [-0.15, -0.1) is 0 Å². The van der Waals surface area contributed by atoms with Crippen LogP contribution in [0.3, 0.4) is 0 Å². The third kappa shape index (κ3) is 1.80. The van der Waals surface area contributed by atoms with Gasteiger partial charge in [0.1, 0.15) is 0 Å². The maximum absolute atomic E-state index is 11.1. The van der Waals surface area contributed by atoms with E-state index in [1.807, 2.05) is 0 Å². The highest BCUT2D eigenvalue weighted by Gasteiger charge is 2.29. The van der Waals surface area contributed by atoms with Crippen molar-refractivity contribution in [3.63, 3.8) is 0 Å². The van der Waals surface area contributed by atoms with E-state index in [-0.39, 0.29) is 18.2 Å². The molecule has 1 unspecified atom stereocenters. The second-order valence-electron chi connectivity index (χ2n) is 3.13. The third-order valence-corrected chi connectivity index (χ3v) is 2.06. The van der Waals surface area contributed by atoms with Crippen LogP contribution in [0, 0.1) is 0 Å². The number of aromatic nitrogens is 2. The van der Waals surface area contributed by atoms with Crippen LogP contribution >= 0.6 is 0 Å². The van der Waals surface area contributed by atoms with Crippen LogP contribution < -0.4 is 10.6 Å². The number of amides is 2. The van der Waals surface area contributed by atoms with Gasteiger partial charge >= 0.3 is 0 Å². The second kappa shape index (κ2) is 3.59. The predicted molar refractivity (Wildman–Crippen MR) is 47.0 cm³/mol. The number of nitrogens with one attached hydrogen (secondary N) is 3. The number of imidazole rings is 1. The van der Waals surface area contributed by atoms with Crippen molar-refractivity contribution in [2.45, 2.75) is 19.0 Å². The van der Waals surface area contributed by atoms with Crippen LogP contribution in [-0.2, 0) is 16.1 Å². The minimum atomic E-state index is -0.411. The van der Waals surface area contributed by atoms with Gasteiger partial charge in [-0.2, -0.15) is 0 Å². The summed E-state index contributed by atoms with van der Waals surface area (Å²) in [6, 6.07) is -0.411. The summed E-state index contributed by atoms with van der Waals surface area (Å²) in [5.74, 6) is -0.480. The zero-order valence-corrected chi connectivity index (χ0v) is 7.41. The number of hydrogen-bond acceptors (Lipinski definition) is 4. The topological polar surface area (TPSA) is 86.9 Å². The Kier molecular flexibility index (Phi) is 2.28. The number of hydrogen-bond donors (Lipinski definition) is 3. The number of aromatic amines is 1. The molecule has 1 aromatic heterocycles. The Balaban J connectivity index is 1.87. The van der Waals surface area contributed by atoms with Crippen molar-refractivity contribution in [1.29, 1.82) is 0 Å². The number of carbonyl (C=O) groups is 2. The molecule has 0 bridgehead atoms. The SMILES string of the molecule is O=C1CC(NCc2cnc[nH]2)C(=O)N1. The minimum absolute atomic E-state index is 0.215. The van der Waals surface area contributed by atoms with Gasteiger partial charge in [0.25, 0.3) is 0 Å². The summed E-state index contributed by atoms with van der Waals surface area (Å²) in [6.07, 6.45) is 3.45. The predicted octanol–water partition coefficient (Wildman–Crippen LogP) is -1.09. The number of rotatable bonds is 3. The molecule has 6 heteroatoms. The number of nitrogens with zero attached hydrogens (tertiary/aromatic N) is 1. The van der Waals surface area contributed by atoms with Gasteiger partial charge in [0.15, 0.2) is 0 Å². The molecular formula is C8H10N4O2. The fraction of sp³-hybridized carbons (Fsp3) is 0.375. The molecule has 0 radical (unpaired) electrons. The molecule has 1 saturated heterocycles. The van der Waals surface area contributed by atoms with Gasteiger partial charge in [0.05, 0.1) is 18.8 Å². The summed E-state index contributed by atoms with van der Waals surface area (Å²) in [7, 11) is 0. The molecule has 0 saturated carbocycles. The van der Waals surface area contributed by atoms with Crippen molar-refractivity contribution in [2.24, 2.45) is 0 Å². The van der Waals surface area contributed by atoms with Gasteiger partial charge in [-0.25, -0.2) is 4.98 Å². The first kappa shape index (κ1) is 8.89. The van der Waals surface area contributed by atoms with Gasteiger partial charge in [-0.05, 0) is 0 Å². The van der Waals surface area contributed by atoms with E-state index in [0.29, 0.717) is 6.54 Å². The zero-order valence-electron chi connectivity index (χ0n) is 7.41. The smallest absolute Gasteiger partial charge is 0.244 e. The lowest BCUT2D eigenvalue weighted by atomic mass is 10.2. The monoisotopic (exact) mass is 194 g/mol. The van der Waals surface area contributed by atoms with Gasteiger partial charge in [0.2, 0.25) is 11.8 Å². The van der Waals surface area contributed by atoms with Crippen LogP contribution in [0.1, 0.15) is 12.1 Å². The quantitative estimate of drug-likeness (QED) is 0.534. The Hall–Kier alpha value is -1.69. The van der Waals surface area contributed by atoms with E-state index in [1.54, 1.807) is 12.5 Å². The summed E-state index contributed by atoms with van der Waals surface area (Å²) >= 11 is 0. The van der Waals surface area contributed by atoms with Crippen LogP contribution in [-0.4, -0.2) is 27.8 Å². The molecule has 2 amide bonds. The molecule has 1 fully saturated rings. The minimum Gasteiger partial charge on any atom is -0.347 e. The summed E-state index contributed by atoms with van der Waals surface area (Å²) in [4.78, 5) is 28.7. The molecule has 2 rings (SSSR count). The summed E-state index contributed by atoms with van der Waals surface area (Å²) in [5, 5.41) is 5.19. The van der Waals surface area contributed by atoms with E-state index in [1.165, 1.54) is 0 Å². The lowest BCUT2D eigenvalue weighted by Crippen LogP contribution is -2.35. The normalized spacial score (nSPS) is 21.3. The van der Waals surface area contributed by atoms with E-state index in [4.69, 9.17) is 0 Å². The fourth-order valence-corrected chi connectivity index (χ4v) is 1.33. The molecule has 1 aromatic rings. The van der Waals surface area contributed by atoms with E-state index in [9.17, 15) is 9.59 Å². The Morgan fingerprint density at radius 2 is 2.43 bits per heavy atom. The van der Waals surface area contributed by atoms with Crippen LogP contribution in [0.4, 0.5) is 0 Å². The van der Waals surface area contributed by atoms with Gasteiger partial charge in [-0.3, -0.25) is 20.2 Å². The van der Waals surface area contributed by atoms with Crippen molar-refractivity contribution in [3.05, 3.63) is 18.2 Å². The average Bonchev–Trinajstić information content (AvgIpc) is 2.72.